The molecule has 22 heavy (non-hydrogen) atoms. The summed E-state index contributed by atoms with van der Waals surface area (Å²) < 4.78 is 5.39. The van der Waals surface area contributed by atoms with Crippen molar-refractivity contribution in [2.24, 2.45) is 0 Å². The lowest BCUT2D eigenvalue weighted by molar-refractivity contribution is -0.126. The van der Waals surface area contributed by atoms with Gasteiger partial charge in [-0.3, -0.25) is 4.79 Å². The monoisotopic (exact) mass is 299 g/mol. The standard InChI is InChI=1S/C18H21NO3/c20-13-17(16-9-5-2-6-10-16)19-18(21)14-22-12-11-15-7-3-1-4-8-15/h1-10,17,20H,11-14H2,(H,19,21). The van der Waals surface area contributed by atoms with Gasteiger partial charge in [0, 0.05) is 0 Å². The molecule has 1 amide bonds. The van der Waals surface area contributed by atoms with Crippen molar-refractivity contribution < 1.29 is 14.6 Å². The third-order valence-electron chi connectivity index (χ3n) is 3.33. The van der Waals surface area contributed by atoms with Crippen LogP contribution in [-0.2, 0) is 16.0 Å². The van der Waals surface area contributed by atoms with E-state index in [-0.39, 0.29) is 19.1 Å². The summed E-state index contributed by atoms with van der Waals surface area (Å²) >= 11 is 0. The average molecular weight is 299 g/mol. The molecule has 0 heterocycles. The lowest BCUT2D eigenvalue weighted by Gasteiger charge is -2.16. The molecule has 4 nitrogen and oxygen atoms in total. The molecule has 116 valence electrons. The molecule has 1 unspecified atom stereocenters. The number of nitrogens with one attached hydrogen (secondary N) is 1. The predicted molar refractivity (Wildman–Crippen MR) is 85.4 cm³/mol. The van der Waals surface area contributed by atoms with E-state index in [0.717, 1.165) is 12.0 Å². The van der Waals surface area contributed by atoms with Crippen LogP contribution in [0.3, 0.4) is 0 Å². The van der Waals surface area contributed by atoms with Crippen molar-refractivity contribution in [1.82, 2.24) is 5.32 Å². The second-order valence-electron chi connectivity index (χ2n) is 5.00. The van der Waals surface area contributed by atoms with Gasteiger partial charge in [-0.25, -0.2) is 0 Å². The number of carbonyl (C=O) groups excluding carboxylic acids is 1. The van der Waals surface area contributed by atoms with E-state index in [2.05, 4.69) is 5.32 Å². The highest BCUT2D eigenvalue weighted by atomic mass is 16.5. The minimum Gasteiger partial charge on any atom is -0.394 e. The first-order chi connectivity index (χ1) is 10.8. The maximum absolute atomic E-state index is 11.8. The zero-order chi connectivity index (χ0) is 15.6. The summed E-state index contributed by atoms with van der Waals surface area (Å²) in [6.07, 6.45) is 0.774. The fraction of sp³-hybridized carbons (Fsp3) is 0.278. The lowest BCUT2D eigenvalue weighted by atomic mass is 10.1. The molecule has 4 heteroatoms. The van der Waals surface area contributed by atoms with Gasteiger partial charge in [0.2, 0.25) is 5.91 Å². The Morgan fingerprint density at radius 3 is 2.32 bits per heavy atom. The molecule has 0 bridgehead atoms. The van der Waals surface area contributed by atoms with E-state index in [1.807, 2.05) is 60.7 Å². The Hall–Kier alpha value is -2.17. The number of amides is 1. The topological polar surface area (TPSA) is 58.6 Å². The SMILES string of the molecule is O=C(COCCc1ccccc1)NC(CO)c1ccccc1. The van der Waals surface area contributed by atoms with Crippen molar-refractivity contribution in [3.63, 3.8) is 0 Å². The van der Waals surface area contributed by atoms with Crippen LogP contribution in [0.1, 0.15) is 17.2 Å². The highest BCUT2D eigenvalue weighted by Gasteiger charge is 2.13. The first-order valence-corrected chi connectivity index (χ1v) is 7.36. The number of hydrogen-bond acceptors (Lipinski definition) is 3. The summed E-state index contributed by atoms with van der Waals surface area (Å²) in [6, 6.07) is 19.0. The highest BCUT2D eigenvalue weighted by molar-refractivity contribution is 5.77. The van der Waals surface area contributed by atoms with Gasteiger partial charge >= 0.3 is 0 Å². The molecule has 2 aromatic carbocycles. The smallest absolute Gasteiger partial charge is 0.246 e. The van der Waals surface area contributed by atoms with Gasteiger partial charge in [-0.15, -0.1) is 0 Å². The molecule has 0 saturated carbocycles. The van der Waals surface area contributed by atoms with Crippen molar-refractivity contribution in [2.45, 2.75) is 12.5 Å². The van der Waals surface area contributed by atoms with Crippen LogP contribution in [0, 0.1) is 0 Å². The second-order valence-corrected chi connectivity index (χ2v) is 5.00. The van der Waals surface area contributed by atoms with E-state index in [1.54, 1.807) is 0 Å². The molecule has 0 aromatic heterocycles. The zero-order valence-corrected chi connectivity index (χ0v) is 12.4. The van der Waals surface area contributed by atoms with Gasteiger partial charge in [-0.1, -0.05) is 60.7 Å². The molecule has 2 aromatic rings. The summed E-state index contributed by atoms with van der Waals surface area (Å²) in [5, 5.41) is 12.2. The van der Waals surface area contributed by atoms with Crippen molar-refractivity contribution in [2.75, 3.05) is 19.8 Å². The van der Waals surface area contributed by atoms with E-state index in [9.17, 15) is 9.90 Å². The summed E-state index contributed by atoms with van der Waals surface area (Å²) in [6.45, 7) is 0.350. The first-order valence-electron chi connectivity index (χ1n) is 7.36. The summed E-state index contributed by atoms with van der Waals surface area (Å²) in [5.74, 6) is -0.226. The van der Waals surface area contributed by atoms with Crippen LogP contribution in [0.25, 0.3) is 0 Å². The zero-order valence-electron chi connectivity index (χ0n) is 12.4. The Balaban J connectivity index is 1.71. The molecule has 0 saturated heterocycles. The highest BCUT2D eigenvalue weighted by Crippen LogP contribution is 2.11. The van der Waals surface area contributed by atoms with E-state index in [1.165, 1.54) is 5.56 Å². The minimum atomic E-state index is -0.397. The van der Waals surface area contributed by atoms with Gasteiger partial charge in [0.15, 0.2) is 0 Å². The fourth-order valence-corrected chi connectivity index (χ4v) is 2.16. The molecular weight excluding hydrogens is 278 g/mol. The number of rotatable bonds is 8. The van der Waals surface area contributed by atoms with Crippen LogP contribution in [-0.4, -0.2) is 30.8 Å². The quantitative estimate of drug-likeness (QED) is 0.734. The van der Waals surface area contributed by atoms with Crippen LogP contribution in [0.5, 0.6) is 0 Å². The molecular formula is C18H21NO3. The van der Waals surface area contributed by atoms with Crippen LogP contribution in [0.15, 0.2) is 60.7 Å². The van der Waals surface area contributed by atoms with E-state index in [4.69, 9.17) is 4.74 Å². The molecule has 0 aliphatic heterocycles. The summed E-state index contributed by atoms with van der Waals surface area (Å²) in [4.78, 5) is 11.8. The van der Waals surface area contributed by atoms with Crippen LogP contribution in [0.4, 0.5) is 0 Å². The molecule has 2 rings (SSSR count). The number of benzene rings is 2. The number of aliphatic hydroxyl groups is 1. The molecule has 0 aliphatic rings. The van der Waals surface area contributed by atoms with E-state index >= 15 is 0 Å². The Morgan fingerprint density at radius 2 is 1.68 bits per heavy atom. The average Bonchev–Trinajstić information content (AvgIpc) is 2.58. The van der Waals surface area contributed by atoms with Crippen molar-refractivity contribution >= 4 is 5.91 Å². The molecule has 0 spiro atoms. The maximum Gasteiger partial charge on any atom is 0.246 e. The number of ether oxygens (including phenoxy) is 1. The van der Waals surface area contributed by atoms with E-state index < -0.39 is 6.04 Å². The van der Waals surface area contributed by atoms with Gasteiger partial charge < -0.3 is 15.2 Å². The van der Waals surface area contributed by atoms with Gasteiger partial charge in [-0.05, 0) is 17.5 Å². The molecule has 0 radical (unpaired) electrons. The minimum absolute atomic E-state index is 0.00380. The fourth-order valence-electron chi connectivity index (χ4n) is 2.16. The number of aliphatic hydroxyl groups excluding tert-OH is 1. The second kappa shape index (κ2) is 8.97. The Kier molecular flexibility index (Phi) is 6.61. The van der Waals surface area contributed by atoms with Crippen molar-refractivity contribution in [1.29, 1.82) is 0 Å². The number of carbonyl (C=O) groups is 1. The van der Waals surface area contributed by atoms with E-state index in [0.29, 0.717) is 6.61 Å². The summed E-state index contributed by atoms with van der Waals surface area (Å²) in [5.41, 5.74) is 2.06. The molecule has 0 aliphatic carbocycles. The number of hydrogen-bond donors (Lipinski definition) is 2. The molecule has 0 fully saturated rings. The van der Waals surface area contributed by atoms with Gasteiger partial charge in [0.25, 0.3) is 0 Å². The van der Waals surface area contributed by atoms with Gasteiger partial charge in [0.05, 0.1) is 19.3 Å². The predicted octanol–water partition coefficient (Wildman–Crippen LogP) is 2.10. The Bertz CT molecular complexity index is 557. The first kappa shape index (κ1) is 16.2. The third kappa shape index (κ3) is 5.31. The van der Waals surface area contributed by atoms with Crippen molar-refractivity contribution in [3.8, 4) is 0 Å². The lowest BCUT2D eigenvalue weighted by Crippen LogP contribution is -2.33. The molecule has 2 N–H and O–H groups in total. The maximum atomic E-state index is 11.8. The largest absolute Gasteiger partial charge is 0.394 e. The third-order valence-corrected chi connectivity index (χ3v) is 3.33. The van der Waals surface area contributed by atoms with Gasteiger partial charge in [-0.2, -0.15) is 0 Å². The Labute approximate surface area is 130 Å². The van der Waals surface area contributed by atoms with Crippen LogP contribution >= 0.6 is 0 Å². The van der Waals surface area contributed by atoms with Crippen LogP contribution < -0.4 is 5.32 Å². The normalized spacial score (nSPS) is 11.9. The Morgan fingerprint density at radius 1 is 1.05 bits per heavy atom. The summed E-state index contributed by atoms with van der Waals surface area (Å²) in [7, 11) is 0. The van der Waals surface area contributed by atoms with Crippen molar-refractivity contribution in [3.05, 3.63) is 71.8 Å². The van der Waals surface area contributed by atoms with Gasteiger partial charge in [0.1, 0.15) is 6.61 Å². The molecule has 1 atom stereocenters. The van der Waals surface area contributed by atoms with Crippen LogP contribution in [0.2, 0.25) is 0 Å².